The van der Waals surface area contributed by atoms with Crippen molar-refractivity contribution in [3.05, 3.63) is 35.9 Å². The number of likely N-dealkylation sites (tertiary alicyclic amines) is 1. The van der Waals surface area contributed by atoms with Crippen molar-refractivity contribution in [2.24, 2.45) is 11.8 Å². The summed E-state index contributed by atoms with van der Waals surface area (Å²) in [6, 6.07) is 9.16. The fourth-order valence-corrected chi connectivity index (χ4v) is 3.71. The highest BCUT2D eigenvalue weighted by molar-refractivity contribution is 5.94. The number of amides is 1. The molecule has 1 saturated heterocycles. The molecule has 5 nitrogen and oxygen atoms in total. The van der Waals surface area contributed by atoms with Crippen molar-refractivity contribution in [3.63, 3.8) is 0 Å². The van der Waals surface area contributed by atoms with Crippen molar-refractivity contribution in [1.82, 2.24) is 4.90 Å². The van der Waals surface area contributed by atoms with Gasteiger partial charge in [-0.2, -0.15) is 0 Å². The molecule has 0 aromatic heterocycles. The topological polar surface area (TPSA) is 63.7 Å². The molecule has 1 amide bonds. The SMILES string of the molecule is CCCCCCCCC(C)C(=O)OC(=O)C1CCN(C(=O)c2ccccc2)CC1. The van der Waals surface area contributed by atoms with Gasteiger partial charge in [-0.05, 0) is 31.4 Å². The monoisotopic (exact) mass is 401 g/mol. The van der Waals surface area contributed by atoms with Gasteiger partial charge in [0.15, 0.2) is 0 Å². The molecule has 5 heteroatoms. The van der Waals surface area contributed by atoms with E-state index in [9.17, 15) is 14.4 Å². The molecule has 0 bridgehead atoms. The molecule has 1 atom stereocenters. The molecular weight excluding hydrogens is 366 g/mol. The fourth-order valence-electron chi connectivity index (χ4n) is 3.71. The van der Waals surface area contributed by atoms with E-state index < -0.39 is 11.9 Å². The third kappa shape index (κ3) is 7.64. The Hall–Kier alpha value is -2.17. The molecule has 1 aromatic rings. The molecule has 0 saturated carbocycles. The summed E-state index contributed by atoms with van der Waals surface area (Å²) in [5.41, 5.74) is 0.659. The number of esters is 2. The van der Waals surface area contributed by atoms with Crippen LogP contribution in [-0.4, -0.2) is 35.8 Å². The van der Waals surface area contributed by atoms with Gasteiger partial charge in [-0.1, -0.05) is 70.6 Å². The van der Waals surface area contributed by atoms with Crippen molar-refractivity contribution >= 4 is 17.8 Å². The van der Waals surface area contributed by atoms with Crippen LogP contribution in [0, 0.1) is 11.8 Å². The van der Waals surface area contributed by atoms with Crippen molar-refractivity contribution < 1.29 is 19.1 Å². The second-order valence-corrected chi connectivity index (χ2v) is 8.13. The number of piperidine rings is 1. The Morgan fingerprint density at radius 3 is 2.28 bits per heavy atom. The molecule has 1 fully saturated rings. The highest BCUT2D eigenvalue weighted by Crippen LogP contribution is 2.21. The Bertz CT molecular complexity index is 650. The molecule has 1 unspecified atom stereocenters. The quantitative estimate of drug-likeness (QED) is 0.315. The summed E-state index contributed by atoms with van der Waals surface area (Å²) in [6.45, 7) is 5.05. The van der Waals surface area contributed by atoms with Gasteiger partial charge in [0.2, 0.25) is 0 Å². The Morgan fingerprint density at radius 2 is 1.62 bits per heavy atom. The first-order valence-electron chi connectivity index (χ1n) is 11.1. The maximum atomic E-state index is 12.5. The number of hydrogen-bond acceptors (Lipinski definition) is 4. The van der Waals surface area contributed by atoms with Crippen LogP contribution < -0.4 is 0 Å². The minimum Gasteiger partial charge on any atom is -0.393 e. The summed E-state index contributed by atoms with van der Waals surface area (Å²) in [7, 11) is 0. The number of carbonyl (C=O) groups is 3. The van der Waals surface area contributed by atoms with Crippen molar-refractivity contribution in [1.29, 1.82) is 0 Å². The second-order valence-electron chi connectivity index (χ2n) is 8.13. The lowest BCUT2D eigenvalue weighted by atomic mass is 9.96. The molecule has 2 rings (SSSR count). The van der Waals surface area contributed by atoms with Crippen LogP contribution in [0.4, 0.5) is 0 Å². The summed E-state index contributed by atoms with van der Waals surface area (Å²) in [6.07, 6.45) is 8.91. The molecule has 1 heterocycles. The van der Waals surface area contributed by atoms with Gasteiger partial charge in [-0.3, -0.25) is 14.4 Å². The Balaban J connectivity index is 1.68. The van der Waals surface area contributed by atoms with Crippen LogP contribution in [-0.2, 0) is 14.3 Å². The van der Waals surface area contributed by atoms with E-state index in [0.29, 0.717) is 31.5 Å². The van der Waals surface area contributed by atoms with E-state index in [1.165, 1.54) is 25.7 Å². The lowest BCUT2D eigenvalue weighted by molar-refractivity contribution is -0.166. The third-order valence-electron chi connectivity index (χ3n) is 5.73. The first kappa shape index (κ1) is 23.1. The Labute approximate surface area is 174 Å². The Morgan fingerprint density at radius 1 is 1.00 bits per heavy atom. The van der Waals surface area contributed by atoms with Gasteiger partial charge in [-0.15, -0.1) is 0 Å². The zero-order valence-electron chi connectivity index (χ0n) is 17.9. The Kier molecular flexibility index (Phi) is 9.89. The van der Waals surface area contributed by atoms with Crippen LogP contribution in [0.2, 0.25) is 0 Å². The predicted molar refractivity (Wildman–Crippen MR) is 113 cm³/mol. The lowest BCUT2D eigenvalue weighted by Gasteiger charge is -2.31. The average molecular weight is 402 g/mol. The summed E-state index contributed by atoms with van der Waals surface area (Å²) < 4.78 is 5.15. The molecule has 0 spiro atoms. The largest absolute Gasteiger partial charge is 0.393 e. The minimum absolute atomic E-state index is 0.0129. The van der Waals surface area contributed by atoms with Gasteiger partial charge in [0.05, 0.1) is 11.8 Å². The van der Waals surface area contributed by atoms with Gasteiger partial charge in [0.25, 0.3) is 5.91 Å². The first-order valence-corrected chi connectivity index (χ1v) is 11.1. The van der Waals surface area contributed by atoms with Crippen LogP contribution in [0.15, 0.2) is 30.3 Å². The second kappa shape index (κ2) is 12.4. The van der Waals surface area contributed by atoms with Gasteiger partial charge in [-0.25, -0.2) is 0 Å². The zero-order chi connectivity index (χ0) is 21.1. The molecule has 1 aromatic carbocycles. The molecule has 29 heavy (non-hydrogen) atoms. The van der Waals surface area contributed by atoms with Gasteiger partial charge >= 0.3 is 11.9 Å². The molecule has 0 N–H and O–H groups in total. The lowest BCUT2D eigenvalue weighted by Crippen LogP contribution is -2.41. The maximum Gasteiger partial charge on any atom is 0.316 e. The van der Waals surface area contributed by atoms with Gasteiger partial charge in [0.1, 0.15) is 0 Å². The predicted octanol–water partition coefficient (Wildman–Crippen LogP) is 5.00. The van der Waals surface area contributed by atoms with E-state index in [2.05, 4.69) is 6.92 Å². The first-order chi connectivity index (χ1) is 14.0. The number of nitrogens with zero attached hydrogens (tertiary/aromatic N) is 1. The smallest absolute Gasteiger partial charge is 0.316 e. The van der Waals surface area contributed by atoms with Crippen LogP contribution >= 0.6 is 0 Å². The van der Waals surface area contributed by atoms with Gasteiger partial charge < -0.3 is 9.64 Å². The summed E-state index contributed by atoms with van der Waals surface area (Å²) >= 11 is 0. The summed E-state index contributed by atoms with van der Waals surface area (Å²) in [5.74, 6) is -1.41. The number of rotatable bonds is 10. The average Bonchev–Trinajstić information content (AvgIpc) is 2.76. The van der Waals surface area contributed by atoms with Crippen LogP contribution in [0.1, 0.15) is 82.0 Å². The number of carbonyl (C=O) groups excluding carboxylic acids is 3. The maximum absolute atomic E-state index is 12.5. The van der Waals surface area contributed by atoms with E-state index >= 15 is 0 Å². The molecule has 0 radical (unpaired) electrons. The van der Waals surface area contributed by atoms with E-state index in [-0.39, 0.29) is 17.7 Å². The number of hydrogen-bond donors (Lipinski definition) is 0. The van der Waals surface area contributed by atoms with E-state index in [1.54, 1.807) is 17.0 Å². The summed E-state index contributed by atoms with van der Waals surface area (Å²) in [5, 5.41) is 0. The number of benzene rings is 1. The minimum atomic E-state index is -0.434. The number of unbranched alkanes of at least 4 members (excludes halogenated alkanes) is 5. The molecular formula is C24H35NO4. The van der Waals surface area contributed by atoms with E-state index in [4.69, 9.17) is 4.74 Å². The summed E-state index contributed by atoms with van der Waals surface area (Å²) in [4.78, 5) is 38.8. The van der Waals surface area contributed by atoms with Crippen molar-refractivity contribution in [2.75, 3.05) is 13.1 Å². The van der Waals surface area contributed by atoms with Crippen LogP contribution in [0.3, 0.4) is 0 Å². The zero-order valence-corrected chi connectivity index (χ0v) is 17.9. The van der Waals surface area contributed by atoms with Crippen LogP contribution in [0.25, 0.3) is 0 Å². The van der Waals surface area contributed by atoms with E-state index in [1.807, 2.05) is 25.1 Å². The van der Waals surface area contributed by atoms with Crippen LogP contribution in [0.5, 0.6) is 0 Å². The van der Waals surface area contributed by atoms with E-state index in [0.717, 1.165) is 19.3 Å². The molecule has 160 valence electrons. The fraction of sp³-hybridized carbons (Fsp3) is 0.625. The third-order valence-corrected chi connectivity index (χ3v) is 5.73. The molecule has 1 aliphatic heterocycles. The highest BCUT2D eigenvalue weighted by atomic mass is 16.6. The van der Waals surface area contributed by atoms with Gasteiger partial charge in [0, 0.05) is 18.7 Å². The standard InChI is InChI=1S/C24H35NO4/c1-3-4-5-6-7-9-12-19(2)23(27)29-24(28)21-15-17-25(18-16-21)22(26)20-13-10-8-11-14-20/h8,10-11,13-14,19,21H,3-7,9,12,15-18H2,1-2H3. The highest BCUT2D eigenvalue weighted by Gasteiger charge is 2.30. The molecule has 1 aliphatic rings. The van der Waals surface area contributed by atoms with Crippen molar-refractivity contribution in [2.45, 2.75) is 71.6 Å². The number of ether oxygens (including phenoxy) is 1. The normalized spacial score (nSPS) is 15.7. The molecule has 0 aliphatic carbocycles. The van der Waals surface area contributed by atoms with Crippen molar-refractivity contribution in [3.8, 4) is 0 Å².